The third kappa shape index (κ3) is 7.88. The molecule has 0 saturated carbocycles. The highest BCUT2D eigenvalue weighted by molar-refractivity contribution is 6.07. The van der Waals surface area contributed by atoms with Gasteiger partial charge in [0.1, 0.15) is 36.2 Å². The Bertz CT molecular complexity index is 2470. The van der Waals surface area contributed by atoms with Crippen LogP contribution in [0.1, 0.15) is 75.8 Å². The first-order valence-electron chi connectivity index (χ1n) is 20.6. The van der Waals surface area contributed by atoms with E-state index in [1.54, 1.807) is 18.0 Å². The molecule has 3 aliphatic heterocycles. The summed E-state index contributed by atoms with van der Waals surface area (Å²) in [6, 6.07) is 12.5. The number of ether oxygens (including phenoxy) is 4. The van der Waals surface area contributed by atoms with E-state index in [1.807, 2.05) is 13.0 Å². The first-order chi connectivity index (χ1) is 29.4. The van der Waals surface area contributed by atoms with Gasteiger partial charge in [0, 0.05) is 43.8 Å². The molecule has 8 atom stereocenters. The first-order valence-corrected chi connectivity index (χ1v) is 20.6. The number of aromatic nitrogens is 4. The number of likely N-dealkylation sites (tertiary alicyclic amines) is 2. The molecule has 2 saturated heterocycles. The van der Waals surface area contributed by atoms with Gasteiger partial charge >= 0.3 is 12.2 Å². The summed E-state index contributed by atoms with van der Waals surface area (Å²) in [4.78, 5) is 70.3. The summed E-state index contributed by atoms with van der Waals surface area (Å²) in [5.74, 6) is 1.95. The van der Waals surface area contributed by atoms with Crippen molar-refractivity contribution in [3.05, 3.63) is 65.9 Å². The molecule has 0 spiro atoms. The highest BCUT2D eigenvalue weighted by atomic mass is 16.5. The number of nitrogens with zero attached hydrogens (tertiary/aromatic N) is 4. The maximum absolute atomic E-state index is 13.9. The number of hydrogen-bond donors (Lipinski definition) is 5. The average molecular weight is 837 g/mol. The van der Waals surface area contributed by atoms with Gasteiger partial charge in [-0.1, -0.05) is 18.2 Å². The summed E-state index contributed by atoms with van der Waals surface area (Å²) in [5.41, 5.74) is 6.52. The van der Waals surface area contributed by atoms with Gasteiger partial charge in [0.05, 0.1) is 54.3 Å². The van der Waals surface area contributed by atoms with Gasteiger partial charge in [-0.2, -0.15) is 0 Å². The van der Waals surface area contributed by atoms with Crippen molar-refractivity contribution in [1.82, 2.24) is 40.4 Å². The van der Waals surface area contributed by atoms with Crippen molar-refractivity contribution >= 4 is 46.2 Å². The van der Waals surface area contributed by atoms with Crippen molar-refractivity contribution in [2.45, 2.75) is 102 Å². The number of amides is 3. The predicted octanol–water partition coefficient (Wildman–Crippen LogP) is 5.85. The molecule has 322 valence electrons. The number of alkyl carbamates (subject to hydrolysis) is 1. The van der Waals surface area contributed by atoms with Crippen molar-refractivity contribution in [3.8, 4) is 28.1 Å². The minimum absolute atomic E-state index is 0.0747. The highest BCUT2D eigenvalue weighted by Gasteiger charge is 2.42. The van der Waals surface area contributed by atoms with Crippen molar-refractivity contribution in [2.24, 2.45) is 0 Å². The maximum Gasteiger partial charge on any atom is 0.407 e. The van der Waals surface area contributed by atoms with E-state index in [0.717, 1.165) is 80.6 Å². The van der Waals surface area contributed by atoms with Gasteiger partial charge in [0.15, 0.2) is 6.29 Å². The largest absolute Gasteiger partial charge is 0.488 e. The Morgan fingerprint density at radius 3 is 2.48 bits per heavy atom. The molecule has 0 bridgehead atoms. The van der Waals surface area contributed by atoms with Crippen molar-refractivity contribution in [2.75, 3.05) is 27.9 Å². The molecule has 61 heavy (non-hydrogen) atoms. The van der Waals surface area contributed by atoms with E-state index in [-0.39, 0.29) is 36.6 Å². The van der Waals surface area contributed by atoms with Crippen LogP contribution in [0.3, 0.4) is 0 Å². The monoisotopic (exact) mass is 836 g/mol. The lowest BCUT2D eigenvalue weighted by Crippen LogP contribution is -2.55. The minimum Gasteiger partial charge on any atom is -0.488 e. The van der Waals surface area contributed by atoms with Gasteiger partial charge in [-0.25, -0.2) is 19.6 Å². The number of carbonyl (C=O) groups is 4. The number of carboxylic acid groups (broad SMARTS) is 1. The maximum atomic E-state index is 13.9. The number of carbonyl (C=O) groups excluding carboxylic acids is 3. The third-order valence-corrected chi connectivity index (χ3v) is 12.7. The summed E-state index contributed by atoms with van der Waals surface area (Å²) >= 11 is 0. The molecule has 5 N–H and O–H groups in total. The molecule has 5 aromatic rings. The second-order valence-electron chi connectivity index (χ2n) is 16.3. The van der Waals surface area contributed by atoms with Crippen LogP contribution in [0.25, 0.3) is 44.2 Å². The van der Waals surface area contributed by atoms with Crippen LogP contribution in [0.15, 0.2) is 48.7 Å². The molecule has 8 rings (SSSR count). The van der Waals surface area contributed by atoms with Crippen LogP contribution >= 0.6 is 0 Å². The molecule has 5 heterocycles. The Hall–Kier alpha value is -6.04. The highest BCUT2D eigenvalue weighted by Crippen LogP contribution is 2.44. The zero-order chi connectivity index (χ0) is 43.1. The fraction of sp³-hybridized carbons (Fsp3) is 0.455. The number of aldehydes is 1. The van der Waals surface area contributed by atoms with Gasteiger partial charge in [-0.15, -0.1) is 0 Å². The zero-order valence-electron chi connectivity index (χ0n) is 35.1. The number of aromatic amines is 2. The van der Waals surface area contributed by atoms with Crippen molar-refractivity contribution in [1.29, 1.82) is 0 Å². The van der Waals surface area contributed by atoms with E-state index in [4.69, 9.17) is 28.9 Å². The zero-order valence-corrected chi connectivity index (χ0v) is 35.1. The molecular weight excluding hydrogens is 785 g/mol. The van der Waals surface area contributed by atoms with E-state index in [0.29, 0.717) is 25.1 Å². The van der Waals surface area contributed by atoms with E-state index in [2.05, 4.69) is 68.8 Å². The van der Waals surface area contributed by atoms with Crippen LogP contribution in [-0.2, 0) is 30.4 Å². The Labute approximate surface area is 352 Å². The number of nitrogens with one attached hydrogen (secondary N) is 4. The Morgan fingerprint density at radius 1 is 0.951 bits per heavy atom. The first kappa shape index (κ1) is 41.7. The van der Waals surface area contributed by atoms with E-state index < -0.39 is 36.5 Å². The average Bonchev–Trinajstić information content (AvgIpc) is 4.08. The van der Waals surface area contributed by atoms with Gasteiger partial charge in [0.25, 0.3) is 0 Å². The van der Waals surface area contributed by atoms with Crippen molar-refractivity contribution < 1.29 is 43.2 Å². The topological polar surface area (TPSA) is 213 Å². The fourth-order valence-electron chi connectivity index (χ4n) is 9.35. The summed E-state index contributed by atoms with van der Waals surface area (Å²) in [5, 5.41) is 16.6. The van der Waals surface area contributed by atoms with Crippen LogP contribution in [0, 0.1) is 0 Å². The van der Waals surface area contributed by atoms with Crippen LogP contribution in [0.2, 0.25) is 0 Å². The number of H-pyrrole nitrogens is 2. The second kappa shape index (κ2) is 17.1. The predicted molar refractivity (Wildman–Crippen MR) is 225 cm³/mol. The number of rotatable bonds is 13. The van der Waals surface area contributed by atoms with Crippen LogP contribution in [0.4, 0.5) is 9.59 Å². The summed E-state index contributed by atoms with van der Waals surface area (Å²) in [7, 11) is 4.15. The SMILES string of the molecule is COC(=O)NC(C(=O)N1[C@@H](C)CC[C@H]1c1ncc(-c2ccc3c(c2)COc2cc4c(ccc5nc([C@@H]6CC[C@H](C)N6CC(NC(=O)O)C(C=O)OC)[nH]c54)cc2-3)[nH]1)C(C)OC. The number of fused-ring (bicyclic) bond motifs is 6. The van der Waals surface area contributed by atoms with Gasteiger partial charge in [-0.05, 0) is 92.8 Å². The summed E-state index contributed by atoms with van der Waals surface area (Å²) < 4.78 is 22.0. The van der Waals surface area contributed by atoms with Crippen molar-refractivity contribution in [3.63, 3.8) is 0 Å². The fourth-order valence-corrected chi connectivity index (χ4v) is 9.35. The van der Waals surface area contributed by atoms with Gasteiger partial charge < -0.3 is 54.3 Å². The molecule has 17 heteroatoms. The van der Waals surface area contributed by atoms with Crippen LogP contribution in [0.5, 0.6) is 5.75 Å². The normalized spacial score (nSPS) is 21.9. The molecule has 0 radical (unpaired) electrons. The quantitative estimate of drug-likeness (QED) is 0.0884. The number of imidazole rings is 2. The smallest absolute Gasteiger partial charge is 0.407 e. The lowest BCUT2D eigenvalue weighted by Gasteiger charge is -2.33. The summed E-state index contributed by atoms with van der Waals surface area (Å²) in [6.07, 6.45) is 2.19. The number of benzene rings is 3. The standard InChI is InChI=1S/C44H52N8O9/c1-22-7-13-34(51(22)19-33(48-43(55)56)37(20-53)59-5)41-46-31-12-10-25-16-30-28-11-9-26(15-27(28)21-61-36(30)17-29(25)39(31)49-41)32-18-45-40(47-32)35-14-8-23(2)52(35)42(54)38(24(3)58-4)50-44(57)60-6/h9-12,15-18,20,22-24,33-35,37-38,48H,7-8,13-14,19,21H2,1-6H3,(H,45,47)(H,46,49)(H,50,57)(H,55,56)/t22-,23-,24?,33?,34-,35-,37?,38?/m0/s1. The minimum atomic E-state index is -1.22. The molecule has 3 amide bonds. The molecule has 17 nitrogen and oxygen atoms in total. The van der Waals surface area contributed by atoms with E-state index in [1.165, 1.54) is 21.3 Å². The lowest BCUT2D eigenvalue weighted by molar-refractivity contribution is -0.139. The molecule has 2 aromatic heterocycles. The lowest BCUT2D eigenvalue weighted by atomic mass is 9.92. The molecule has 4 unspecified atom stereocenters. The molecule has 3 aliphatic rings. The number of hydrogen-bond acceptors (Lipinski definition) is 11. The Kier molecular flexibility index (Phi) is 11.7. The van der Waals surface area contributed by atoms with Gasteiger partial charge in [0.2, 0.25) is 5.91 Å². The third-order valence-electron chi connectivity index (χ3n) is 12.7. The molecule has 2 fully saturated rings. The van der Waals surface area contributed by atoms with Crippen LogP contribution < -0.4 is 15.4 Å². The summed E-state index contributed by atoms with van der Waals surface area (Å²) in [6.45, 7) is 6.47. The van der Waals surface area contributed by atoms with Gasteiger partial charge in [-0.3, -0.25) is 9.69 Å². The molecular formula is C44H52N8O9. The van der Waals surface area contributed by atoms with Crippen LogP contribution in [-0.4, -0.2) is 123 Å². The van der Waals surface area contributed by atoms with E-state index >= 15 is 0 Å². The Morgan fingerprint density at radius 2 is 1.74 bits per heavy atom. The van der Waals surface area contributed by atoms with E-state index in [9.17, 15) is 24.3 Å². The Balaban J connectivity index is 1.04. The molecule has 0 aliphatic carbocycles. The second-order valence-corrected chi connectivity index (χ2v) is 16.3. The number of methoxy groups -OCH3 is 3. The molecule has 3 aromatic carbocycles.